The van der Waals surface area contributed by atoms with Crippen LogP contribution in [0.15, 0.2) is 36.5 Å². The fourth-order valence-electron chi connectivity index (χ4n) is 5.77. The van der Waals surface area contributed by atoms with E-state index in [-0.39, 0.29) is 33.8 Å². The Morgan fingerprint density at radius 1 is 1.09 bits per heavy atom. The molecule has 9 heteroatoms. The van der Waals surface area contributed by atoms with Crippen LogP contribution in [0.25, 0.3) is 22.4 Å². The number of rotatable bonds is 6. The molecule has 1 aromatic carbocycles. The van der Waals surface area contributed by atoms with Crippen LogP contribution in [-0.4, -0.2) is 45.0 Å². The van der Waals surface area contributed by atoms with Crippen molar-refractivity contribution in [3.63, 3.8) is 0 Å². The molecule has 0 aliphatic carbocycles. The van der Waals surface area contributed by atoms with Crippen LogP contribution in [0.4, 0.5) is 14.6 Å². The zero-order valence-electron chi connectivity index (χ0n) is 20.0. The van der Waals surface area contributed by atoms with Gasteiger partial charge >= 0.3 is 0 Å². The summed E-state index contributed by atoms with van der Waals surface area (Å²) in [5, 5.41) is 25.8. The van der Waals surface area contributed by atoms with Gasteiger partial charge in [-0.3, -0.25) is 0 Å². The number of piperidine rings is 1. The average Bonchev–Trinajstić information content (AvgIpc) is 3.07. The second kappa shape index (κ2) is 8.71. The lowest BCUT2D eigenvalue weighted by Gasteiger charge is -2.42. The number of methoxy groups -OCH3 is 1. The van der Waals surface area contributed by atoms with Crippen molar-refractivity contribution < 1.29 is 18.6 Å². The van der Waals surface area contributed by atoms with E-state index >= 15 is 4.39 Å². The minimum Gasteiger partial charge on any atom is -0.507 e. The van der Waals surface area contributed by atoms with Crippen molar-refractivity contribution in [3.8, 4) is 34.0 Å². The third-order valence-corrected chi connectivity index (χ3v) is 7.24. The van der Waals surface area contributed by atoms with Gasteiger partial charge in [0, 0.05) is 35.4 Å². The maximum Gasteiger partial charge on any atom is 0.213 e. The average molecular weight is 482 g/mol. The Hall–Kier alpha value is -3.33. The summed E-state index contributed by atoms with van der Waals surface area (Å²) in [4.78, 5) is 3.97. The van der Waals surface area contributed by atoms with Crippen LogP contribution < -0.4 is 15.4 Å². The van der Waals surface area contributed by atoms with Gasteiger partial charge in [-0.2, -0.15) is 0 Å². The monoisotopic (exact) mass is 481 g/mol. The number of nitrogens with one attached hydrogen (secondary N) is 2. The molecule has 0 amide bonds. The molecule has 0 saturated carbocycles. The molecule has 4 heterocycles. The molecule has 2 saturated heterocycles. The summed E-state index contributed by atoms with van der Waals surface area (Å²) in [5.74, 6) is -1.42. The largest absolute Gasteiger partial charge is 0.507 e. The highest BCUT2D eigenvalue weighted by molar-refractivity contribution is 5.76. The quantitative estimate of drug-likeness (QED) is 0.460. The zero-order chi connectivity index (χ0) is 24.8. The Kier molecular flexibility index (Phi) is 5.83. The summed E-state index contributed by atoms with van der Waals surface area (Å²) >= 11 is 0. The first-order chi connectivity index (χ1) is 16.7. The molecule has 0 radical (unpaired) electrons. The molecule has 3 N–H and O–H groups in total. The fourth-order valence-corrected chi connectivity index (χ4v) is 5.77. The van der Waals surface area contributed by atoms with Crippen LogP contribution in [0, 0.1) is 17.6 Å². The number of hydrogen-bond donors (Lipinski definition) is 3. The number of pyridine rings is 1. The number of phenolic OH excluding ortho intramolecular Hbond substituents is 1. The maximum atomic E-state index is 15.0. The number of anilines is 1. The molecular weight excluding hydrogens is 452 g/mol. The van der Waals surface area contributed by atoms with Crippen molar-refractivity contribution in [1.29, 1.82) is 0 Å². The van der Waals surface area contributed by atoms with Gasteiger partial charge in [0.25, 0.3) is 0 Å². The summed E-state index contributed by atoms with van der Waals surface area (Å²) in [6, 6.07) is 7.33. The third kappa shape index (κ3) is 4.52. The molecule has 0 spiro atoms. The molecule has 3 aromatic rings. The number of aromatic hydroxyl groups is 1. The SMILES string of the molecule is COc1cc(-c2cc(O)c(-c3ccc(NCC4CC5(C)CCC(C)(C4)N5)nn3)c(F)c2F)ccn1. The van der Waals surface area contributed by atoms with Crippen molar-refractivity contribution in [2.75, 3.05) is 19.0 Å². The third-order valence-electron chi connectivity index (χ3n) is 7.24. The van der Waals surface area contributed by atoms with E-state index < -0.39 is 17.4 Å². The Morgan fingerprint density at radius 3 is 2.49 bits per heavy atom. The Bertz CT molecular complexity index is 1240. The van der Waals surface area contributed by atoms with Gasteiger partial charge in [0.15, 0.2) is 11.6 Å². The summed E-state index contributed by atoms with van der Waals surface area (Å²) in [6.07, 6.45) is 5.98. The highest BCUT2D eigenvalue weighted by Crippen LogP contribution is 2.44. The van der Waals surface area contributed by atoms with E-state index in [1.54, 1.807) is 6.07 Å². The number of benzene rings is 1. The van der Waals surface area contributed by atoms with Crippen LogP contribution in [-0.2, 0) is 0 Å². The summed E-state index contributed by atoms with van der Waals surface area (Å²) in [5.41, 5.74) is 0.303. The van der Waals surface area contributed by atoms with E-state index in [0.717, 1.165) is 19.4 Å². The van der Waals surface area contributed by atoms with E-state index in [1.807, 2.05) is 0 Å². The highest BCUT2D eigenvalue weighted by Gasteiger charge is 2.48. The smallest absolute Gasteiger partial charge is 0.213 e. The predicted octanol–water partition coefficient (Wildman–Crippen LogP) is 4.92. The molecule has 35 heavy (non-hydrogen) atoms. The second-order valence-electron chi connectivity index (χ2n) is 10.2. The molecule has 184 valence electrons. The molecule has 2 unspecified atom stereocenters. The molecule has 2 aliphatic heterocycles. The number of fused-ring (bicyclic) bond motifs is 2. The van der Waals surface area contributed by atoms with Crippen molar-refractivity contribution in [2.45, 2.75) is 50.6 Å². The Balaban J connectivity index is 1.33. The maximum absolute atomic E-state index is 15.0. The lowest BCUT2D eigenvalue weighted by molar-refractivity contribution is 0.178. The second-order valence-corrected chi connectivity index (χ2v) is 10.2. The fraction of sp³-hybridized carbons (Fsp3) is 0.423. The molecule has 2 bridgehead atoms. The number of phenols is 1. The van der Waals surface area contributed by atoms with E-state index in [1.165, 1.54) is 50.4 Å². The van der Waals surface area contributed by atoms with Crippen LogP contribution in [0.2, 0.25) is 0 Å². The molecule has 2 aliphatic rings. The lowest BCUT2D eigenvalue weighted by atomic mass is 9.80. The number of ether oxygens (including phenoxy) is 1. The summed E-state index contributed by atoms with van der Waals surface area (Å²) in [6.45, 7) is 5.34. The van der Waals surface area contributed by atoms with Gasteiger partial charge in [0.1, 0.15) is 11.6 Å². The minimum absolute atomic E-state index is 0.0447. The van der Waals surface area contributed by atoms with Crippen molar-refractivity contribution >= 4 is 5.82 Å². The van der Waals surface area contributed by atoms with Crippen LogP contribution in [0.5, 0.6) is 11.6 Å². The standard InChI is InChI=1S/C26H29F2N5O2/c1-25-7-8-26(2,33-25)13-15(12-25)14-30-20-5-4-18(31-32-20)22-19(34)11-17(23(27)24(22)28)16-6-9-29-21(10-16)35-3/h4-6,9-11,15,33-34H,7-8,12-14H2,1-3H3,(H,30,32). The zero-order valence-corrected chi connectivity index (χ0v) is 20.0. The lowest BCUT2D eigenvalue weighted by Crippen LogP contribution is -2.54. The Labute approximate surface area is 203 Å². The number of nitrogens with zero attached hydrogens (tertiary/aromatic N) is 3. The van der Waals surface area contributed by atoms with Gasteiger partial charge in [-0.05, 0) is 75.3 Å². The van der Waals surface area contributed by atoms with E-state index in [2.05, 4.69) is 39.7 Å². The Morgan fingerprint density at radius 2 is 1.83 bits per heavy atom. The van der Waals surface area contributed by atoms with Crippen molar-refractivity contribution in [1.82, 2.24) is 20.5 Å². The highest BCUT2D eigenvalue weighted by atomic mass is 19.2. The molecular formula is C26H29F2N5O2. The van der Waals surface area contributed by atoms with Crippen LogP contribution >= 0.6 is 0 Å². The molecule has 7 nitrogen and oxygen atoms in total. The molecule has 2 aromatic heterocycles. The van der Waals surface area contributed by atoms with Gasteiger partial charge in [0.05, 0.1) is 18.4 Å². The first-order valence-corrected chi connectivity index (χ1v) is 11.8. The molecule has 5 rings (SSSR count). The van der Waals surface area contributed by atoms with Crippen molar-refractivity contribution in [2.24, 2.45) is 5.92 Å². The van der Waals surface area contributed by atoms with E-state index in [9.17, 15) is 9.50 Å². The van der Waals surface area contributed by atoms with E-state index in [0.29, 0.717) is 17.3 Å². The normalized spacial score (nSPS) is 25.5. The van der Waals surface area contributed by atoms with Crippen molar-refractivity contribution in [3.05, 3.63) is 48.2 Å². The van der Waals surface area contributed by atoms with Gasteiger partial charge < -0.3 is 20.5 Å². The van der Waals surface area contributed by atoms with Gasteiger partial charge in [-0.1, -0.05) is 0 Å². The van der Waals surface area contributed by atoms with Gasteiger partial charge in [-0.25, -0.2) is 13.8 Å². The predicted molar refractivity (Wildman–Crippen MR) is 129 cm³/mol. The number of hydrogen-bond acceptors (Lipinski definition) is 7. The van der Waals surface area contributed by atoms with Gasteiger partial charge in [0.2, 0.25) is 5.88 Å². The topological polar surface area (TPSA) is 92.2 Å². The summed E-state index contributed by atoms with van der Waals surface area (Å²) in [7, 11) is 1.43. The van der Waals surface area contributed by atoms with E-state index in [4.69, 9.17) is 4.74 Å². The summed E-state index contributed by atoms with van der Waals surface area (Å²) < 4.78 is 35.1. The van der Waals surface area contributed by atoms with Gasteiger partial charge in [-0.15, -0.1) is 10.2 Å². The van der Waals surface area contributed by atoms with Crippen LogP contribution in [0.3, 0.4) is 0 Å². The molecule has 2 fully saturated rings. The first-order valence-electron chi connectivity index (χ1n) is 11.8. The first kappa shape index (κ1) is 23.4. The molecule has 2 atom stereocenters. The number of aromatic nitrogens is 3. The minimum atomic E-state index is -1.20. The number of halogens is 2. The van der Waals surface area contributed by atoms with Crippen LogP contribution in [0.1, 0.15) is 39.5 Å².